The second-order valence-electron chi connectivity index (χ2n) is 10.9. The Morgan fingerprint density at radius 1 is 0.931 bits per heavy atom. The van der Waals surface area contributed by atoms with Crippen LogP contribution in [0, 0.1) is 28.1 Å². The lowest BCUT2D eigenvalue weighted by Gasteiger charge is -2.67. The maximum absolute atomic E-state index is 13.3. The zero-order valence-electron chi connectivity index (χ0n) is 18.8. The summed E-state index contributed by atoms with van der Waals surface area (Å²) in [6.45, 7) is 10.2. The van der Waals surface area contributed by atoms with Gasteiger partial charge < -0.3 is 9.64 Å². The molecule has 4 fully saturated rings. The number of rotatable bonds is 2. The number of hydrogen-bond donors (Lipinski definition) is 0. The smallest absolute Gasteiger partial charge is 0.302 e. The van der Waals surface area contributed by atoms with E-state index in [1.807, 2.05) is 0 Å². The van der Waals surface area contributed by atoms with Crippen molar-refractivity contribution < 1.29 is 19.1 Å². The highest BCUT2D eigenvalue weighted by Gasteiger charge is 2.70. The van der Waals surface area contributed by atoms with Gasteiger partial charge in [0.15, 0.2) is 0 Å². The third-order valence-corrected chi connectivity index (χ3v) is 9.53. The van der Waals surface area contributed by atoms with Gasteiger partial charge in [-0.25, -0.2) is 0 Å². The standard InChI is InChI=1S/C24H37NO4/c1-15(26)24-12-8-10-22(24,4)14-25(16(2)27)21-19(24)13-20(29-17(3)28)18-9-6-7-11-23(18,21)5/h18-21H,6-14H2,1-5H3/t18?,19-,20?,21+,22+,23+,24-/m1/s1. The number of nitrogens with zero attached hydrogens (tertiary/aromatic N) is 1. The van der Waals surface area contributed by atoms with Crippen molar-refractivity contribution in [2.45, 2.75) is 98.1 Å². The molecule has 3 saturated carbocycles. The normalized spacial score (nSPS) is 46.3. The third kappa shape index (κ3) is 2.75. The molecule has 29 heavy (non-hydrogen) atoms. The highest BCUT2D eigenvalue weighted by atomic mass is 16.5. The number of Topliss-reactive ketones (excluding diaryl/α,β-unsaturated/α-hetero) is 1. The minimum absolute atomic E-state index is 0.0622. The van der Waals surface area contributed by atoms with Gasteiger partial charge in [0, 0.05) is 37.8 Å². The minimum Gasteiger partial charge on any atom is -0.462 e. The summed E-state index contributed by atoms with van der Waals surface area (Å²) in [4.78, 5) is 40.3. The van der Waals surface area contributed by atoms with E-state index in [2.05, 4.69) is 18.7 Å². The van der Waals surface area contributed by atoms with Gasteiger partial charge >= 0.3 is 5.97 Å². The number of carbonyl (C=O) groups is 3. The van der Waals surface area contributed by atoms with Crippen molar-refractivity contribution in [3.63, 3.8) is 0 Å². The Kier molecular flexibility index (Phi) is 4.90. The Morgan fingerprint density at radius 3 is 2.28 bits per heavy atom. The van der Waals surface area contributed by atoms with Gasteiger partial charge in [0.25, 0.3) is 0 Å². The fourth-order valence-electron chi connectivity index (χ4n) is 8.53. The molecule has 3 aliphatic carbocycles. The number of ether oxygens (including phenoxy) is 1. The molecule has 7 atom stereocenters. The average molecular weight is 404 g/mol. The first-order chi connectivity index (χ1) is 13.6. The van der Waals surface area contributed by atoms with Crippen LogP contribution in [0.25, 0.3) is 0 Å². The molecule has 0 aromatic rings. The second kappa shape index (κ2) is 6.81. The van der Waals surface area contributed by atoms with Crippen molar-refractivity contribution in [2.75, 3.05) is 6.54 Å². The van der Waals surface area contributed by atoms with Crippen LogP contribution in [0.2, 0.25) is 0 Å². The van der Waals surface area contributed by atoms with Crippen molar-refractivity contribution in [1.29, 1.82) is 0 Å². The second-order valence-corrected chi connectivity index (χ2v) is 10.9. The fourth-order valence-corrected chi connectivity index (χ4v) is 8.53. The van der Waals surface area contributed by atoms with Crippen LogP contribution in [0.15, 0.2) is 0 Å². The molecule has 5 nitrogen and oxygen atoms in total. The number of amides is 1. The fraction of sp³-hybridized carbons (Fsp3) is 0.875. The molecule has 1 amide bonds. The van der Waals surface area contributed by atoms with Crippen LogP contribution in [-0.4, -0.2) is 41.3 Å². The summed E-state index contributed by atoms with van der Waals surface area (Å²) in [5.74, 6) is 0.496. The van der Waals surface area contributed by atoms with Crippen LogP contribution in [0.1, 0.15) is 86.0 Å². The van der Waals surface area contributed by atoms with E-state index < -0.39 is 5.41 Å². The molecule has 1 saturated heterocycles. The molecule has 1 aliphatic heterocycles. The van der Waals surface area contributed by atoms with E-state index in [0.717, 1.165) is 44.9 Å². The lowest BCUT2D eigenvalue weighted by atomic mass is 9.43. The summed E-state index contributed by atoms with van der Waals surface area (Å²) in [5, 5.41) is 0. The summed E-state index contributed by atoms with van der Waals surface area (Å²) < 4.78 is 5.92. The van der Waals surface area contributed by atoms with Crippen molar-refractivity contribution in [1.82, 2.24) is 4.90 Å². The molecule has 0 bridgehead atoms. The van der Waals surface area contributed by atoms with E-state index in [1.165, 1.54) is 6.92 Å². The quantitative estimate of drug-likeness (QED) is 0.650. The number of piperidine rings is 1. The minimum atomic E-state index is -0.409. The lowest BCUT2D eigenvalue weighted by molar-refractivity contribution is -0.216. The molecule has 5 heteroatoms. The number of likely N-dealkylation sites (tertiary alicyclic amines) is 1. The number of carbonyl (C=O) groups excluding carboxylic acids is 3. The Hall–Kier alpha value is -1.39. The Bertz CT molecular complexity index is 734. The molecule has 0 N–H and O–H groups in total. The van der Waals surface area contributed by atoms with Crippen molar-refractivity contribution in [3.8, 4) is 0 Å². The number of ketones is 1. The van der Waals surface area contributed by atoms with E-state index in [0.29, 0.717) is 13.0 Å². The zero-order chi connectivity index (χ0) is 21.2. The SMILES string of the molecule is CC(=O)OC1C[C@@H]2[C@H](N(C(C)=O)C[C@]3(C)CCC[C@@]23C(C)=O)[C@@]2(C)CCCCC12. The Morgan fingerprint density at radius 2 is 1.66 bits per heavy atom. The van der Waals surface area contributed by atoms with Crippen molar-refractivity contribution >= 4 is 17.7 Å². The predicted octanol–water partition coefficient (Wildman–Crippen LogP) is 4.13. The van der Waals surface area contributed by atoms with Gasteiger partial charge in [0.1, 0.15) is 11.9 Å². The average Bonchev–Trinajstić information content (AvgIpc) is 2.98. The highest BCUT2D eigenvalue weighted by molar-refractivity contribution is 5.85. The zero-order valence-corrected chi connectivity index (χ0v) is 18.8. The van der Waals surface area contributed by atoms with E-state index in [9.17, 15) is 14.4 Å². The van der Waals surface area contributed by atoms with E-state index in [-0.39, 0.29) is 52.5 Å². The first-order valence-corrected chi connectivity index (χ1v) is 11.5. The van der Waals surface area contributed by atoms with Gasteiger partial charge in [-0.3, -0.25) is 14.4 Å². The summed E-state index contributed by atoms with van der Waals surface area (Å²) >= 11 is 0. The highest BCUT2D eigenvalue weighted by Crippen LogP contribution is 2.68. The largest absolute Gasteiger partial charge is 0.462 e. The van der Waals surface area contributed by atoms with Crippen LogP contribution in [-0.2, 0) is 19.1 Å². The third-order valence-electron chi connectivity index (χ3n) is 9.53. The summed E-state index contributed by atoms with van der Waals surface area (Å²) in [6.07, 6.45) is 7.83. The Labute approximate surface area is 174 Å². The first-order valence-electron chi connectivity index (χ1n) is 11.5. The van der Waals surface area contributed by atoms with Gasteiger partial charge in [-0.1, -0.05) is 33.1 Å². The van der Waals surface area contributed by atoms with E-state index in [4.69, 9.17) is 4.74 Å². The van der Waals surface area contributed by atoms with Gasteiger partial charge in [-0.15, -0.1) is 0 Å². The van der Waals surface area contributed by atoms with Gasteiger partial charge in [-0.05, 0) is 55.8 Å². The number of fused-ring (bicyclic) bond motifs is 5. The molecular formula is C24H37NO4. The molecule has 0 radical (unpaired) electrons. The molecule has 1 heterocycles. The summed E-state index contributed by atoms with van der Waals surface area (Å²) in [5.41, 5.74) is -0.711. The Balaban J connectivity index is 1.89. The number of esters is 1. The first kappa shape index (κ1) is 20.9. The molecular weight excluding hydrogens is 366 g/mol. The predicted molar refractivity (Wildman–Crippen MR) is 110 cm³/mol. The molecule has 162 valence electrons. The molecule has 4 aliphatic rings. The van der Waals surface area contributed by atoms with E-state index >= 15 is 0 Å². The molecule has 0 aromatic carbocycles. The maximum atomic E-state index is 13.3. The monoisotopic (exact) mass is 403 g/mol. The van der Waals surface area contributed by atoms with Gasteiger partial charge in [-0.2, -0.15) is 0 Å². The molecule has 0 aromatic heterocycles. The van der Waals surface area contributed by atoms with Crippen LogP contribution in [0.3, 0.4) is 0 Å². The molecule has 4 rings (SSSR count). The topological polar surface area (TPSA) is 63.7 Å². The molecule has 2 unspecified atom stereocenters. The lowest BCUT2D eigenvalue weighted by Crippen LogP contribution is -2.73. The number of hydrogen-bond acceptors (Lipinski definition) is 4. The van der Waals surface area contributed by atoms with E-state index in [1.54, 1.807) is 13.8 Å². The van der Waals surface area contributed by atoms with Gasteiger partial charge in [0.05, 0.1) is 0 Å². The maximum Gasteiger partial charge on any atom is 0.302 e. The van der Waals surface area contributed by atoms with Crippen LogP contribution < -0.4 is 0 Å². The van der Waals surface area contributed by atoms with Crippen LogP contribution in [0.5, 0.6) is 0 Å². The van der Waals surface area contributed by atoms with Crippen LogP contribution in [0.4, 0.5) is 0 Å². The summed E-state index contributed by atoms with van der Waals surface area (Å²) in [6, 6.07) is 0.0622. The molecule has 0 spiro atoms. The van der Waals surface area contributed by atoms with Crippen molar-refractivity contribution in [3.05, 3.63) is 0 Å². The van der Waals surface area contributed by atoms with Gasteiger partial charge in [0.2, 0.25) is 5.91 Å². The van der Waals surface area contributed by atoms with Crippen molar-refractivity contribution in [2.24, 2.45) is 28.1 Å². The summed E-state index contributed by atoms with van der Waals surface area (Å²) in [7, 11) is 0. The van der Waals surface area contributed by atoms with Crippen LogP contribution >= 0.6 is 0 Å².